The molecule has 2 aliphatic rings. The quantitative estimate of drug-likeness (QED) is 0.258. The highest BCUT2D eigenvalue weighted by atomic mass is 19.4. The van der Waals surface area contributed by atoms with Crippen LogP contribution in [-0.2, 0) is 6.18 Å². The minimum absolute atomic E-state index is 0.109. The molecule has 1 saturated carbocycles. The van der Waals surface area contributed by atoms with Crippen molar-refractivity contribution in [3.05, 3.63) is 65.5 Å². The average Bonchev–Trinajstić information content (AvgIpc) is 3.73. The van der Waals surface area contributed by atoms with Crippen LogP contribution in [0, 0.1) is 12.5 Å². The molecule has 0 radical (unpaired) electrons. The van der Waals surface area contributed by atoms with E-state index < -0.39 is 17.3 Å². The number of alkyl halides is 3. The van der Waals surface area contributed by atoms with E-state index in [-0.39, 0.29) is 34.4 Å². The molecule has 6 rings (SSSR count). The van der Waals surface area contributed by atoms with Gasteiger partial charge in [0.05, 0.1) is 29.5 Å². The third kappa shape index (κ3) is 4.93. The van der Waals surface area contributed by atoms with Gasteiger partial charge in [0.1, 0.15) is 11.5 Å². The van der Waals surface area contributed by atoms with E-state index in [1.165, 1.54) is 12.4 Å². The third-order valence-corrected chi connectivity index (χ3v) is 7.91. The molecule has 4 aromatic heterocycles. The molecular formula is C28H27F3N8O. The number of nitrogens with zero attached hydrogens (tertiary/aromatic N) is 6. The minimum Gasteiger partial charge on any atom is -0.389 e. The number of pyridine rings is 2. The first-order chi connectivity index (χ1) is 19.1. The van der Waals surface area contributed by atoms with Crippen LogP contribution >= 0.6 is 0 Å². The predicted octanol–water partition coefficient (Wildman–Crippen LogP) is 5.90. The number of piperidine rings is 1. The molecule has 0 bridgehead atoms. The Hall–Kier alpha value is -4.24. The van der Waals surface area contributed by atoms with Gasteiger partial charge in [-0.2, -0.15) is 13.2 Å². The molecule has 1 aliphatic carbocycles. The molecule has 1 unspecified atom stereocenters. The number of fused-ring (bicyclic) bond motifs is 1. The van der Waals surface area contributed by atoms with Crippen LogP contribution in [0.5, 0.6) is 0 Å². The Morgan fingerprint density at radius 3 is 2.58 bits per heavy atom. The number of aromatic amines is 1. The molecule has 9 nitrogen and oxygen atoms in total. The zero-order chi connectivity index (χ0) is 28.1. The number of nitrogens with one attached hydrogen (secondary N) is 2. The van der Waals surface area contributed by atoms with Crippen LogP contribution in [0.15, 0.2) is 43.0 Å². The first-order valence-corrected chi connectivity index (χ1v) is 13.1. The second-order valence-corrected chi connectivity index (χ2v) is 10.5. The van der Waals surface area contributed by atoms with Gasteiger partial charge in [0.15, 0.2) is 0 Å². The van der Waals surface area contributed by atoms with Gasteiger partial charge >= 0.3 is 6.18 Å². The summed E-state index contributed by atoms with van der Waals surface area (Å²) in [6.45, 7) is 11.0. The summed E-state index contributed by atoms with van der Waals surface area (Å²) < 4.78 is 39.9. The number of halogens is 3. The highest BCUT2D eigenvalue weighted by molar-refractivity contribution is 5.96. The van der Waals surface area contributed by atoms with E-state index in [2.05, 4.69) is 40.0 Å². The lowest BCUT2D eigenvalue weighted by atomic mass is 9.87. The highest BCUT2D eigenvalue weighted by Crippen LogP contribution is 2.45. The number of aliphatic hydroxyl groups is 1. The molecule has 1 aliphatic heterocycles. The van der Waals surface area contributed by atoms with E-state index in [9.17, 15) is 18.3 Å². The van der Waals surface area contributed by atoms with E-state index >= 15 is 0 Å². The normalized spacial score (nSPS) is 17.9. The smallest absolute Gasteiger partial charge is 0.389 e. The summed E-state index contributed by atoms with van der Waals surface area (Å²) in [5.74, 6) is 1.54. The van der Waals surface area contributed by atoms with Crippen molar-refractivity contribution in [3.63, 3.8) is 0 Å². The van der Waals surface area contributed by atoms with E-state index in [4.69, 9.17) is 6.57 Å². The maximum absolute atomic E-state index is 13.3. The van der Waals surface area contributed by atoms with Crippen molar-refractivity contribution >= 4 is 28.5 Å². The lowest BCUT2D eigenvalue weighted by Gasteiger charge is -2.39. The molecule has 0 aromatic carbocycles. The van der Waals surface area contributed by atoms with Crippen molar-refractivity contribution < 1.29 is 18.3 Å². The second-order valence-electron chi connectivity index (χ2n) is 10.5. The molecule has 2 fully saturated rings. The fourth-order valence-corrected chi connectivity index (χ4v) is 5.35. The van der Waals surface area contributed by atoms with E-state index in [0.29, 0.717) is 11.5 Å². The van der Waals surface area contributed by atoms with E-state index in [1.807, 2.05) is 19.1 Å². The Morgan fingerprint density at radius 2 is 1.93 bits per heavy atom. The molecule has 0 amide bonds. The van der Waals surface area contributed by atoms with Crippen LogP contribution in [0.2, 0.25) is 0 Å². The average molecular weight is 549 g/mol. The van der Waals surface area contributed by atoms with Crippen LogP contribution in [-0.4, -0.2) is 48.7 Å². The Labute approximate surface area is 228 Å². The van der Waals surface area contributed by atoms with Crippen molar-refractivity contribution in [3.8, 4) is 11.3 Å². The van der Waals surface area contributed by atoms with Crippen molar-refractivity contribution in [1.29, 1.82) is 0 Å². The second kappa shape index (κ2) is 9.75. The monoisotopic (exact) mass is 548 g/mol. The van der Waals surface area contributed by atoms with Crippen LogP contribution < -0.4 is 10.2 Å². The summed E-state index contributed by atoms with van der Waals surface area (Å²) in [7, 11) is 0. The fourth-order valence-electron chi connectivity index (χ4n) is 5.35. The molecule has 1 atom stereocenters. The summed E-state index contributed by atoms with van der Waals surface area (Å²) >= 11 is 0. The molecule has 3 N–H and O–H groups in total. The molecule has 4 aromatic rings. The van der Waals surface area contributed by atoms with Gasteiger partial charge in [0, 0.05) is 48.8 Å². The Bertz CT molecular complexity index is 1580. The lowest BCUT2D eigenvalue weighted by molar-refractivity contribution is -0.137. The van der Waals surface area contributed by atoms with Gasteiger partial charge in [0.2, 0.25) is 11.6 Å². The number of aromatic nitrogens is 5. The molecule has 12 heteroatoms. The molecule has 206 valence electrons. The van der Waals surface area contributed by atoms with Gasteiger partial charge < -0.3 is 20.3 Å². The predicted molar refractivity (Wildman–Crippen MR) is 144 cm³/mol. The van der Waals surface area contributed by atoms with Gasteiger partial charge in [0.25, 0.3) is 0 Å². The van der Waals surface area contributed by atoms with Crippen molar-refractivity contribution in [1.82, 2.24) is 24.9 Å². The maximum atomic E-state index is 13.3. The van der Waals surface area contributed by atoms with Crippen LogP contribution in [0.1, 0.15) is 49.8 Å². The summed E-state index contributed by atoms with van der Waals surface area (Å²) in [4.78, 5) is 25.8. The number of anilines is 2. The maximum Gasteiger partial charge on any atom is 0.417 e. The highest BCUT2D eigenvalue weighted by Gasteiger charge is 2.45. The van der Waals surface area contributed by atoms with E-state index in [0.717, 1.165) is 62.4 Å². The molecular weight excluding hydrogens is 521 g/mol. The van der Waals surface area contributed by atoms with E-state index in [1.54, 1.807) is 6.20 Å². The zero-order valence-electron chi connectivity index (χ0n) is 21.7. The number of H-pyrrole nitrogens is 1. The molecule has 40 heavy (non-hydrogen) atoms. The van der Waals surface area contributed by atoms with Gasteiger partial charge in [-0.1, -0.05) is 6.07 Å². The van der Waals surface area contributed by atoms with Crippen LogP contribution in [0.4, 0.5) is 30.6 Å². The summed E-state index contributed by atoms with van der Waals surface area (Å²) in [5, 5.41) is 14.2. The molecule has 5 heterocycles. The fraction of sp³-hybridized carbons (Fsp3) is 0.393. The largest absolute Gasteiger partial charge is 0.417 e. The Morgan fingerprint density at radius 1 is 1.15 bits per heavy atom. The minimum atomic E-state index is -4.55. The zero-order valence-corrected chi connectivity index (χ0v) is 21.7. The SMILES string of the molecule is [C-]#[N+]c1cnc(NC(C)c2ccc(N3CCC(O)(C4CC4)CC3)nc2)nc1-c1c[nH]c2ncc(C(F)(F)F)cc12. The summed E-state index contributed by atoms with van der Waals surface area (Å²) in [5.41, 5.74) is 0.386. The molecule has 0 spiro atoms. The molecule has 1 saturated heterocycles. The number of rotatable bonds is 6. The van der Waals surface area contributed by atoms with Crippen LogP contribution in [0.3, 0.4) is 0 Å². The first-order valence-electron chi connectivity index (χ1n) is 13.1. The first kappa shape index (κ1) is 26.0. The summed E-state index contributed by atoms with van der Waals surface area (Å²) in [6.07, 6.45) is 4.60. The van der Waals surface area contributed by atoms with Crippen LogP contribution in [0.25, 0.3) is 27.1 Å². The van der Waals surface area contributed by atoms with Gasteiger partial charge in [-0.15, -0.1) is 0 Å². The third-order valence-electron chi connectivity index (χ3n) is 7.91. The Balaban J connectivity index is 1.20. The van der Waals surface area contributed by atoms with Crippen molar-refractivity contribution in [2.24, 2.45) is 5.92 Å². The standard InChI is InChI=1S/C28H27F3N8O/c1-16(17-3-6-23(33-12-17)39-9-7-27(40,8-10-39)18-4-5-18)37-26-36-15-22(32-2)24(38-26)21-14-35-25-20(21)11-19(13-34-25)28(29,30)31/h3,6,11-16,18,40H,4-5,7-10H2,1H3,(H,34,35)(H,36,37,38). The summed E-state index contributed by atoms with van der Waals surface area (Å²) in [6, 6.07) is 4.69. The van der Waals surface area contributed by atoms with Crippen molar-refractivity contribution in [2.45, 2.75) is 50.4 Å². The topological polar surface area (TPSA) is 107 Å². The van der Waals surface area contributed by atoms with Gasteiger partial charge in [-0.25, -0.2) is 24.8 Å². The Kier molecular flexibility index (Phi) is 6.34. The number of hydrogen-bond donors (Lipinski definition) is 3. The van der Waals surface area contributed by atoms with Crippen molar-refractivity contribution in [2.75, 3.05) is 23.3 Å². The number of hydrogen-bond acceptors (Lipinski definition) is 7. The lowest BCUT2D eigenvalue weighted by Crippen LogP contribution is -2.46. The van der Waals surface area contributed by atoms with Gasteiger partial charge in [-0.3, -0.25) is 0 Å². The van der Waals surface area contributed by atoms with Gasteiger partial charge in [-0.05, 0) is 56.2 Å².